The number of piperazine rings is 1. The van der Waals surface area contributed by atoms with Gasteiger partial charge >= 0.3 is 0 Å². The molecule has 1 aliphatic heterocycles. The van der Waals surface area contributed by atoms with Crippen molar-refractivity contribution in [3.05, 3.63) is 35.9 Å². The molecular formula is C14H16N2O3. The van der Waals surface area contributed by atoms with E-state index in [1.54, 1.807) is 43.0 Å². The molecule has 1 heterocycles. The van der Waals surface area contributed by atoms with Gasteiger partial charge in [-0.15, -0.1) is 0 Å². The molecule has 19 heavy (non-hydrogen) atoms. The second-order valence-corrected chi connectivity index (χ2v) is 4.67. The van der Waals surface area contributed by atoms with Crippen molar-refractivity contribution in [1.29, 1.82) is 0 Å². The molecule has 5 heteroatoms. The van der Waals surface area contributed by atoms with Crippen LogP contribution in [0.1, 0.15) is 24.2 Å². The van der Waals surface area contributed by atoms with E-state index in [4.69, 9.17) is 0 Å². The molecular weight excluding hydrogens is 244 g/mol. The van der Waals surface area contributed by atoms with Crippen molar-refractivity contribution in [2.45, 2.75) is 25.9 Å². The van der Waals surface area contributed by atoms with E-state index in [1.165, 1.54) is 0 Å². The fraction of sp³-hybridized carbons (Fsp3) is 0.357. The summed E-state index contributed by atoms with van der Waals surface area (Å²) in [5, 5.41) is 2.26. The lowest BCUT2D eigenvalue weighted by Crippen LogP contribution is -2.60. The van der Waals surface area contributed by atoms with Crippen LogP contribution in [0.4, 0.5) is 0 Å². The van der Waals surface area contributed by atoms with Gasteiger partial charge in [0.2, 0.25) is 11.8 Å². The summed E-state index contributed by atoms with van der Waals surface area (Å²) in [5.41, 5.74) is 0.584. The zero-order chi connectivity index (χ0) is 14.0. The highest BCUT2D eigenvalue weighted by Gasteiger charge is 2.35. The third kappa shape index (κ3) is 2.71. The van der Waals surface area contributed by atoms with E-state index >= 15 is 0 Å². The fourth-order valence-corrected chi connectivity index (χ4v) is 2.20. The van der Waals surface area contributed by atoms with E-state index in [0.29, 0.717) is 5.56 Å². The van der Waals surface area contributed by atoms with Crippen LogP contribution in [0.3, 0.4) is 0 Å². The molecule has 100 valence electrons. The molecule has 1 N–H and O–H groups in total. The summed E-state index contributed by atoms with van der Waals surface area (Å²) < 4.78 is 0. The summed E-state index contributed by atoms with van der Waals surface area (Å²) in [6.45, 7) is 3.47. The summed E-state index contributed by atoms with van der Waals surface area (Å²) in [5.74, 6) is -0.810. The Labute approximate surface area is 111 Å². The number of carbonyl (C=O) groups is 3. The van der Waals surface area contributed by atoms with Crippen LogP contribution in [0.25, 0.3) is 0 Å². The minimum Gasteiger partial charge on any atom is -0.294 e. The lowest BCUT2D eigenvalue weighted by atomic mass is 10.0. The van der Waals surface area contributed by atoms with Gasteiger partial charge in [0.15, 0.2) is 5.78 Å². The molecule has 0 bridgehead atoms. The minimum absolute atomic E-state index is 0.0621. The van der Waals surface area contributed by atoms with Crippen LogP contribution in [0.5, 0.6) is 0 Å². The van der Waals surface area contributed by atoms with Gasteiger partial charge in [0.25, 0.3) is 0 Å². The van der Waals surface area contributed by atoms with Crippen LogP contribution in [-0.4, -0.2) is 41.1 Å². The molecule has 1 fully saturated rings. The maximum absolute atomic E-state index is 12.3. The van der Waals surface area contributed by atoms with Crippen LogP contribution >= 0.6 is 0 Å². The zero-order valence-corrected chi connectivity index (χ0v) is 10.9. The van der Waals surface area contributed by atoms with Crippen molar-refractivity contribution >= 4 is 17.6 Å². The molecule has 0 aromatic heterocycles. The SMILES string of the molecule is CC1C(=O)NC(=O)CN1C(C)C(=O)c1ccccc1. The average Bonchev–Trinajstić information content (AvgIpc) is 2.42. The Hall–Kier alpha value is -2.01. The molecule has 0 aliphatic carbocycles. The standard InChI is InChI=1S/C14H16N2O3/c1-9(13(18)11-6-4-3-5-7-11)16-8-12(17)15-14(19)10(16)2/h3-7,9-10H,8H2,1-2H3,(H,15,17,19). The van der Waals surface area contributed by atoms with Crippen LogP contribution in [0.2, 0.25) is 0 Å². The molecule has 2 amide bonds. The first-order valence-electron chi connectivity index (χ1n) is 6.19. The second-order valence-electron chi connectivity index (χ2n) is 4.67. The Morgan fingerprint density at radius 1 is 1.32 bits per heavy atom. The highest BCUT2D eigenvalue weighted by atomic mass is 16.2. The predicted octanol–water partition coefficient (Wildman–Crippen LogP) is 0.605. The van der Waals surface area contributed by atoms with Crippen molar-refractivity contribution in [3.63, 3.8) is 0 Å². The van der Waals surface area contributed by atoms with Gasteiger partial charge in [-0.2, -0.15) is 0 Å². The molecule has 1 aromatic carbocycles. The lowest BCUT2D eigenvalue weighted by molar-refractivity contribution is -0.140. The van der Waals surface area contributed by atoms with Gasteiger partial charge in [-0.25, -0.2) is 0 Å². The van der Waals surface area contributed by atoms with Gasteiger partial charge < -0.3 is 0 Å². The van der Waals surface area contributed by atoms with Crippen LogP contribution in [0, 0.1) is 0 Å². The highest BCUT2D eigenvalue weighted by Crippen LogP contribution is 2.14. The predicted molar refractivity (Wildman–Crippen MR) is 69.6 cm³/mol. The van der Waals surface area contributed by atoms with Crippen LogP contribution < -0.4 is 5.32 Å². The Balaban J connectivity index is 2.19. The number of nitrogens with one attached hydrogen (secondary N) is 1. The number of nitrogens with zero attached hydrogens (tertiary/aromatic N) is 1. The minimum atomic E-state index is -0.507. The number of rotatable bonds is 3. The van der Waals surface area contributed by atoms with Gasteiger partial charge in [-0.1, -0.05) is 30.3 Å². The van der Waals surface area contributed by atoms with E-state index in [1.807, 2.05) is 6.07 Å². The first-order chi connectivity index (χ1) is 9.00. The number of imide groups is 1. The van der Waals surface area contributed by atoms with Crippen molar-refractivity contribution in [2.75, 3.05) is 6.54 Å². The summed E-state index contributed by atoms with van der Waals surface area (Å²) in [6, 6.07) is 7.88. The molecule has 1 aromatic rings. The van der Waals surface area contributed by atoms with Gasteiger partial charge in [-0.3, -0.25) is 24.6 Å². The van der Waals surface area contributed by atoms with E-state index < -0.39 is 12.1 Å². The lowest BCUT2D eigenvalue weighted by Gasteiger charge is -2.35. The van der Waals surface area contributed by atoms with Gasteiger partial charge in [0.1, 0.15) is 0 Å². The third-order valence-corrected chi connectivity index (χ3v) is 3.40. The highest BCUT2D eigenvalue weighted by molar-refractivity contribution is 6.04. The molecule has 1 aliphatic rings. The number of hydrogen-bond acceptors (Lipinski definition) is 4. The van der Waals surface area contributed by atoms with E-state index in [-0.39, 0.29) is 24.1 Å². The molecule has 2 unspecified atom stereocenters. The number of Topliss-reactive ketones (excluding diaryl/α,β-unsaturated/α-hetero) is 1. The Kier molecular flexibility index (Phi) is 3.76. The van der Waals surface area contributed by atoms with E-state index in [9.17, 15) is 14.4 Å². The maximum Gasteiger partial charge on any atom is 0.243 e. The van der Waals surface area contributed by atoms with Gasteiger partial charge in [0.05, 0.1) is 18.6 Å². The number of ketones is 1. The summed E-state index contributed by atoms with van der Waals surface area (Å²) in [6.07, 6.45) is 0. The van der Waals surface area contributed by atoms with Crippen LogP contribution in [0.15, 0.2) is 30.3 Å². The largest absolute Gasteiger partial charge is 0.294 e. The molecule has 0 radical (unpaired) electrons. The van der Waals surface area contributed by atoms with E-state index in [2.05, 4.69) is 5.32 Å². The topological polar surface area (TPSA) is 66.5 Å². The number of carbonyl (C=O) groups excluding carboxylic acids is 3. The molecule has 5 nitrogen and oxygen atoms in total. The Morgan fingerprint density at radius 2 is 1.95 bits per heavy atom. The maximum atomic E-state index is 12.3. The first-order valence-corrected chi connectivity index (χ1v) is 6.19. The molecule has 0 saturated carbocycles. The summed E-state index contributed by atoms with van der Waals surface area (Å²) in [4.78, 5) is 36.9. The average molecular weight is 260 g/mol. The number of hydrogen-bond donors (Lipinski definition) is 1. The van der Waals surface area contributed by atoms with Gasteiger partial charge in [0, 0.05) is 5.56 Å². The van der Waals surface area contributed by atoms with Crippen molar-refractivity contribution < 1.29 is 14.4 Å². The molecule has 0 spiro atoms. The van der Waals surface area contributed by atoms with Crippen LogP contribution in [-0.2, 0) is 9.59 Å². The Bertz CT molecular complexity index is 513. The first kappa shape index (κ1) is 13.4. The zero-order valence-electron chi connectivity index (χ0n) is 10.9. The second kappa shape index (κ2) is 5.32. The smallest absolute Gasteiger partial charge is 0.243 e. The molecule has 1 saturated heterocycles. The molecule has 2 rings (SSSR count). The third-order valence-electron chi connectivity index (χ3n) is 3.40. The Morgan fingerprint density at radius 3 is 2.58 bits per heavy atom. The van der Waals surface area contributed by atoms with E-state index in [0.717, 1.165) is 0 Å². The van der Waals surface area contributed by atoms with Crippen molar-refractivity contribution in [2.24, 2.45) is 0 Å². The number of amides is 2. The summed E-state index contributed by atoms with van der Waals surface area (Å²) >= 11 is 0. The van der Waals surface area contributed by atoms with Crippen molar-refractivity contribution in [3.8, 4) is 0 Å². The monoisotopic (exact) mass is 260 g/mol. The van der Waals surface area contributed by atoms with Gasteiger partial charge in [-0.05, 0) is 13.8 Å². The molecule has 2 atom stereocenters. The summed E-state index contributed by atoms with van der Waals surface area (Å²) in [7, 11) is 0. The quantitative estimate of drug-likeness (QED) is 0.638. The number of benzene rings is 1. The fourth-order valence-electron chi connectivity index (χ4n) is 2.20. The normalized spacial score (nSPS) is 21.9. The van der Waals surface area contributed by atoms with Crippen molar-refractivity contribution in [1.82, 2.24) is 10.2 Å².